The van der Waals surface area contributed by atoms with Crippen molar-refractivity contribution in [2.75, 3.05) is 59.0 Å². The zero-order chi connectivity index (χ0) is 19.4. The lowest BCUT2D eigenvalue weighted by molar-refractivity contribution is -0.122. The van der Waals surface area contributed by atoms with Gasteiger partial charge < -0.3 is 25.1 Å². The number of carbonyl (C=O) groups excluding carboxylic acids is 1. The summed E-state index contributed by atoms with van der Waals surface area (Å²) in [7, 11) is 0. The summed E-state index contributed by atoms with van der Waals surface area (Å²) in [5, 5.41) is 9.64. The summed E-state index contributed by atoms with van der Waals surface area (Å²) in [5.74, 6) is 2.17. The number of furan rings is 1. The quantitative estimate of drug-likeness (QED) is 0.291. The highest BCUT2D eigenvalue weighted by atomic mass is 16.5. The molecule has 2 fully saturated rings. The molecule has 0 unspecified atom stereocenters. The Bertz CT molecular complexity index is 595. The molecule has 1 aliphatic carbocycles. The van der Waals surface area contributed by atoms with Gasteiger partial charge in [0.05, 0.1) is 19.5 Å². The molecule has 0 aromatic carbocycles. The zero-order valence-corrected chi connectivity index (χ0v) is 16.6. The van der Waals surface area contributed by atoms with E-state index in [9.17, 15) is 4.79 Å². The molecule has 0 bridgehead atoms. The smallest absolute Gasteiger partial charge is 0.223 e. The molecule has 2 heterocycles. The van der Waals surface area contributed by atoms with E-state index in [2.05, 4.69) is 25.8 Å². The Morgan fingerprint density at radius 3 is 2.68 bits per heavy atom. The first-order chi connectivity index (χ1) is 13.8. The van der Waals surface area contributed by atoms with Crippen molar-refractivity contribution in [2.24, 2.45) is 10.9 Å². The molecular formula is C20H33N5O3. The van der Waals surface area contributed by atoms with Gasteiger partial charge in [-0.1, -0.05) is 0 Å². The van der Waals surface area contributed by atoms with Gasteiger partial charge in [0.15, 0.2) is 5.96 Å². The second kappa shape index (κ2) is 11.7. The van der Waals surface area contributed by atoms with Crippen molar-refractivity contribution in [1.82, 2.24) is 20.9 Å². The van der Waals surface area contributed by atoms with Gasteiger partial charge in [-0.2, -0.15) is 0 Å². The molecule has 1 aromatic heterocycles. The van der Waals surface area contributed by atoms with Crippen molar-refractivity contribution in [3.8, 4) is 0 Å². The van der Waals surface area contributed by atoms with Crippen LogP contribution in [0.2, 0.25) is 0 Å². The summed E-state index contributed by atoms with van der Waals surface area (Å²) in [6.07, 6.45) is 5.58. The van der Waals surface area contributed by atoms with Crippen LogP contribution in [0.3, 0.4) is 0 Å². The molecule has 3 rings (SSSR count). The van der Waals surface area contributed by atoms with Crippen LogP contribution in [-0.2, 0) is 16.0 Å². The molecule has 0 atom stereocenters. The van der Waals surface area contributed by atoms with Crippen LogP contribution in [-0.4, -0.2) is 75.8 Å². The Hall–Kier alpha value is -2.06. The number of ether oxygens (including phenoxy) is 1. The molecule has 1 aliphatic heterocycles. The molecule has 1 aromatic rings. The van der Waals surface area contributed by atoms with Crippen LogP contribution >= 0.6 is 0 Å². The number of carbonyl (C=O) groups is 1. The van der Waals surface area contributed by atoms with Crippen molar-refractivity contribution in [3.05, 3.63) is 24.2 Å². The van der Waals surface area contributed by atoms with E-state index in [-0.39, 0.29) is 11.8 Å². The van der Waals surface area contributed by atoms with Crippen molar-refractivity contribution >= 4 is 11.9 Å². The van der Waals surface area contributed by atoms with E-state index in [0.717, 1.165) is 83.3 Å². The van der Waals surface area contributed by atoms with E-state index in [1.54, 1.807) is 6.26 Å². The van der Waals surface area contributed by atoms with Crippen molar-refractivity contribution in [3.63, 3.8) is 0 Å². The SMILES string of the molecule is O=C(NCCNC(=NCCCN1CCOCC1)NCCc1ccco1)C1CC1. The minimum Gasteiger partial charge on any atom is -0.469 e. The van der Waals surface area contributed by atoms with E-state index in [4.69, 9.17) is 9.15 Å². The molecular weight excluding hydrogens is 358 g/mol. The first-order valence-electron chi connectivity index (χ1n) is 10.4. The summed E-state index contributed by atoms with van der Waals surface area (Å²) in [6.45, 7) is 7.52. The third kappa shape index (κ3) is 7.90. The minimum absolute atomic E-state index is 0.177. The fraction of sp³-hybridized carbons (Fsp3) is 0.700. The molecule has 8 heteroatoms. The largest absolute Gasteiger partial charge is 0.469 e. The molecule has 8 nitrogen and oxygen atoms in total. The van der Waals surface area contributed by atoms with Gasteiger partial charge in [0, 0.05) is 58.2 Å². The van der Waals surface area contributed by atoms with Gasteiger partial charge >= 0.3 is 0 Å². The van der Waals surface area contributed by atoms with Gasteiger partial charge in [-0.3, -0.25) is 14.7 Å². The number of hydrogen-bond acceptors (Lipinski definition) is 5. The maximum Gasteiger partial charge on any atom is 0.223 e. The number of rotatable bonds is 11. The standard InChI is InChI=1S/C20H33N5O3/c26-19(17-4-5-17)21-9-10-24-20(23-8-6-18-3-1-14-28-18)22-7-2-11-25-12-15-27-16-13-25/h1,3,14,17H,2,4-13,15-16H2,(H,21,26)(H2,22,23,24). The predicted octanol–water partition coefficient (Wildman–Crippen LogP) is 0.606. The third-order valence-corrected chi connectivity index (χ3v) is 4.91. The fourth-order valence-corrected chi connectivity index (χ4v) is 3.10. The van der Waals surface area contributed by atoms with E-state index in [1.807, 2.05) is 12.1 Å². The normalized spacial score (nSPS) is 18.1. The van der Waals surface area contributed by atoms with E-state index in [1.165, 1.54) is 0 Å². The summed E-state index contributed by atoms with van der Waals surface area (Å²) < 4.78 is 10.8. The van der Waals surface area contributed by atoms with Crippen LogP contribution in [0.5, 0.6) is 0 Å². The first kappa shape index (κ1) is 20.7. The number of aliphatic imine (C=N–C) groups is 1. The fourth-order valence-electron chi connectivity index (χ4n) is 3.10. The number of guanidine groups is 1. The third-order valence-electron chi connectivity index (χ3n) is 4.91. The lowest BCUT2D eigenvalue weighted by Crippen LogP contribution is -2.42. The zero-order valence-electron chi connectivity index (χ0n) is 16.6. The summed E-state index contributed by atoms with van der Waals surface area (Å²) in [4.78, 5) is 18.8. The van der Waals surface area contributed by atoms with Crippen LogP contribution in [0.4, 0.5) is 0 Å². The summed E-state index contributed by atoms with van der Waals surface area (Å²) >= 11 is 0. The number of hydrogen-bond donors (Lipinski definition) is 3. The number of nitrogens with zero attached hydrogens (tertiary/aromatic N) is 2. The molecule has 156 valence electrons. The molecule has 0 spiro atoms. The van der Waals surface area contributed by atoms with E-state index in [0.29, 0.717) is 13.1 Å². The highest BCUT2D eigenvalue weighted by molar-refractivity contribution is 5.81. The number of morpholine rings is 1. The molecule has 1 amide bonds. The Balaban J connectivity index is 1.35. The molecule has 1 saturated heterocycles. The van der Waals surface area contributed by atoms with Gasteiger partial charge in [-0.15, -0.1) is 0 Å². The summed E-state index contributed by atoms with van der Waals surface area (Å²) in [5.41, 5.74) is 0. The monoisotopic (exact) mass is 391 g/mol. The Labute approximate surface area is 167 Å². The second-order valence-electron chi connectivity index (χ2n) is 7.29. The minimum atomic E-state index is 0.177. The highest BCUT2D eigenvalue weighted by Crippen LogP contribution is 2.28. The number of nitrogens with one attached hydrogen (secondary N) is 3. The molecule has 2 aliphatic rings. The van der Waals surface area contributed by atoms with Crippen LogP contribution in [0, 0.1) is 5.92 Å². The number of amides is 1. The van der Waals surface area contributed by atoms with Crippen LogP contribution in [0.1, 0.15) is 25.0 Å². The topological polar surface area (TPSA) is 91.1 Å². The van der Waals surface area contributed by atoms with Gasteiger partial charge in [0.2, 0.25) is 5.91 Å². The van der Waals surface area contributed by atoms with Crippen molar-refractivity contribution < 1.29 is 13.9 Å². The molecule has 0 radical (unpaired) electrons. The first-order valence-corrected chi connectivity index (χ1v) is 10.4. The lowest BCUT2D eigenvalue weighted by Gasteiger charge is -2.26. The maximum atomic E-state index is 11.7. The van der Waals surface area contributed by atoms with E-state index >= 15 is 0 Å². The molecule has 28 heavy (non-hydrogen) atoms. The van der Waals surface area contributed by atoms with Crippen molar-refractivity contribution in [2.45, 2.75) is 25.7 Å². The average Bonchev–Trinajstić information content (AvgIpc) is 3.45. The van der Waals surface area contributed by atoms with Crippen LogP contribution < -0.4 is 16.0 Å². The predicted molar refractivity (Wildman–Crippen MR) is 108 cm³/mol. The van der Waals surface area contributed by atoms with Gasteiger partial charge in [-0.05, 0) is 31.4 Å². The van der Waals surface area contributed by atoms with Crippen molar-refractivity contribution in [1.29, 1.82) is 0 Å². The Morgan fingerprint density at radius 1 is 1.14 bits per heavy atom. The van der Waals surface area contributed by atoms with E-state index < -0.39 is 0 Å². The van der Waals surface area contributed by atoms with Crippen LogP contribution in [0.25, 0.3) is 0 Å². The Kier molecular flexibility index (Phi) is 8.64. The highest BCUT2D eigenvalue weighted by Gasteiger charge is 2.28. The van der Waals surface area contributed by atoms with Gasteiger partial charge in [-0.25, -0.2) is 0 Å². The molecule has 3 N–H and O–H groups in total. The van der Waals surface area contributed by atoms with Gasteiger partial charge in [0.25, 0.3) is 0 Å². The second-order valence-corrected chi connectivity index (χ2v) is 7.29. The van der Waals surface area contributed by atoms with Crippen LogP contribution in [0.15, 0.2) is 27.8 Å². The van der Waals surface area contributed by atoms with Gasteiger partial charge in [0.1, 0.15) is 5.76 Å². The average molecular weight is 392 g/mol. The lowest BCUT2D eigenvalue weighted by atomic mass is 10.3. The Morgan fingerprint density at radius 2 is 1.93 bits per heavy atom. The molecule has 1 saturated carbocycles. The summed E-state index contributed by atoms with van der Waals surface area (Å²) in [6, 6.07) is 3.87. The maximum absolute atomic E-state index is 11.7.